The number of hydrogen-bond donors (Lipinski definition) is 0. The second-order valence-corrected chi connectivity index (χ2v) is 14.6. The molecule has 0 radical (unpaired) electrons. The van der Waals surface area contributed by atoms with Gasteiger partial charge in [0.2, 0.25) is 5.89 Å². The first-order valence-corrected chi connectivity index (χ1v) is 19.3. The number of oxazole rings is 1. The second kappa shape index (κ2) is 13.3. The summed E-state index contributed by atoms with van der Waals surface area (Å²) in [5.41, 5.74) is 18.2. The van der Waals surface area contributed by atoms with E-state index in [9.17, 15) is 0 Å². The van der Waals surface area contributed by atoms with Gasteiger partial charge < -0.3 is 8.98 Å². The quantitative estimate of drug-likeness (QED) is 0.172. The zero-order chi connectivity index (χ0) is 37.0. The Kier molecular flexibility index (Phi) is 7.63. The van der Waals surface area contributed by atoms with Gasteiger partial charge in [-0.1, -0.05) is 146 Å². The molecule has 3 nitrogen and oxygen atoms in total. The fourth-order valence-electron chi connectivity index (χ4n) is 8.63. The highest BCUT2D eigenvalue weighted by Crippen LogP contribution is 2.41. The Balaban J connectivity index is 0.958. The zero-order valence-electron chi connectivity index (χ0n) is 30.7. The van der Waals surface area contributed by atoms with E-state index in [-0.39, 0.29) is 0 Å². The molecule has 0 aliphatic heterocycles. The van der Waals surface area contributed by atoms with E-state index >= 15 is 0 Å². The van der Waals surface area contributed by atoms with Gasteiger partial charge in [0, 0.05) is 27.6 Å². The van der Waals surface area contributed by atoms with E-state index in [4.69, 9.17) is 9.40 Å². The monoisotopic (exact) mass is 716 g/mol. The van der Waals surface area contributed by atoms with E-state index < -0.39 is 0 Å². The SMILES string of the molecule is C1=Cc2ccc(-c3cccc4nc(-c5ccc(-c6ccccc6-c6ccccc6-c6ccc7c(c6)c6ccccc6n7-c6ccccc6)cc5)oc34)cc2CC1. The number of aryl methyl sites for hydroxylation is 1. The van der Waals surface area contributed by atoms with Crippen molar-refractivity contribution < 1.29 is 4.42 Å². The van der Waals surface area contributed by atoms with Crippen LogP contribution >= 0.6 is 0 Å². The summed E-state index contributed by atoms with van der Waals surface area (Å²) < 4.78 is 8.91. The Labute approximate surface area is 325 Å². The minimum Gasteiger partial charge on any atom is -0.435 e. The van der Waals surface area contributed by atoms with Gasteiger partial charge in [0.05, 0.1) is 11.0 Å². The summed E-state index contributed by atoms with van der Waals surface area (Å²) in [7, 11) is 0. The molecule has 1 aliphatic rings. The van der Waals surface area contributed by atoms with Crippen LogP contribution in [0, 0.1) is 0 Å². The molecule has 0 spiro atoms. The summed E-state index contributed by atoms with van der Waals surface area (Å²) in [6.45, 7) is 0. The third-order valence-corrected chi connectivity index (χ3v) is 11.3. The first-order chi connectivity index (χ1) is 27.8. The molecule has 0 amide bonds. The zero-order valence-corrected chi connectivity index (χ0v) is 30.7. The second-order valence-electron chi connectivity index (χ2n) is 14.6. The van der Waals surface area contributed by atoms with Crippen molar-refractivity contribution in [1.29, 1.82) is 0 Å². The van der Waals surface area contributed by atoms with Gasteiger partial charge in [0.25, 0.3) is 0 Å². The molecular formula is C53H36N2O. The van der Waals surface area contributed by atoms with Crippen LogP contribution in [0.5, 0.6) is 0 Å². The molecule has 0 unspecified atom stereocenters. The highest BCUT2D eigenvalue weighted by Gasteiger charge is 2.18. The molecule has 10 aromatic rings. The lowest BCUT2D eigenvalue weighted by atomic mass is 9.89. The predicted octanol–water partition coefficient (Wildman–Crippen LogP) is 14.2. The largest absolute Gasteiger partial charge is 0.435 e. The van der Waals surface area contributed by atoms with E-state index in [1.165, 1.54) is 66.3 Å². The summed E-state index contributed by atoms with van der Waals surface area (Å²) in [5, 5.41) is 2.49. The molecular weight excluding hydrogens is 681 g/mol. The smallest absolute Gasteiger partial charge is 0.227 e. The molecule has 264 valence electrons. The Morgan fingerprint density at radius 1 is 0.464 bits per heavy atom. The van der Waals surface area contributed by atoms with Crippen molar-refractivity contribution in [1.82, 2.24) is 9.55 Å². The van der Waals surface area contributed by atoms with Gasteiger partial charge in [-0.25, -0.2) is 4.98 Å². The molecule has 56 heavy (non-hydrogen) atoms. The molecule has 8 aromatic carbocycles. The standard InChI is InChI=1S/C53H36N2O/c1-2-15-41(16-3-1)55-50-24-11-10-21-47(50)48-34-40(31-32-51(48)55)43-18-7-9-20-46(43)45-19-8-6-17-42(45)36-26-28-37(29-27-36)53-54-49-23-12-22-44(52(49)56-53)39-30-25-35-13-4-5-14-38(35)33-39/h1-4,6-13,15-34H,5,14H2. The normalized spacial score (nSPS) is 12.4. The Morgan fingerprint density at radius 3 is 1.91 bits per heavy atom. The highest BCUT2D eigenvalue weighted by atomic mass is 16.3. The molecule has 0 saturated carbocycles. The number of nitrogens with zero attached hydrogens (tertiary/aromatic N) is 2. The van der Waals surface area contributed by atoms with E-state index in [0.717, 1.165) is 46.3 Å². The van der Waals surface area contributed by atoms with Crippen LogP contribution in [0.4, 0.5) is 0 Å². The fourth-order valence-corrected chi connectivity index (χ4v) is 8.63. The minimum absolute atomic E-state index is 0.627. The van der Waals surface area contributed by atoms with Gasteiger partial charge in [-0.05, 0) is 111 Å². The Morgan fingerprint density at radius 2 is 1.09 bits per heavy atom. The molecule has 0 saturated heterocycles. The van der Waals surface area contributed by atoms with E-state index in [1.807, 2.05) is 6.07 Å². The highest BCUT2D eigenvalue weighted by molar-refractivity contribution is 6.11. The molecule has 0 bridgehead atoms. The maximum Gasteiger partial charge on any atom is 0.227 e. The average Bonchev–Trinajstić information content (AvgIpc) is 3.86. The third-order valence-electron chi connectivity index (χ3n) is 11.3. The predicted molar refractivity (Wildman–Crippen MR) is 233 cm³/mol. The number of rotatable bonds is 6. The van der Waals surface area contributed by atoms with E-state index in [1.54, 1.807) is 0 Å². The van der Waals surface area contributed by atoms with Crippen LogP contribution in [0.15, 0.2) is 192 Å². The van der Waals surface area contributed by atoms with E-state index in [2.05, 4.69) is 193 Å². The van der Waals surface area contributed by atoms with Crippen LogP contribution < -0.4 is 0 Å². The van der Waals surface area contributed by atoms with Crippen LogP contribution in [0.2, 0.25) is 0 Å². The third kappa shape index (κ3) is 5.39. The lowest BCUT2D eigenvalue weighted by Gasteiger charge is -2.15. The summed E-state index contributed by atoms with van der Waals surface area (Å²) in [6, 6.07) is 65.3. The number of fused-ring (bicyclic) bond motifs is 5. The van der Waals surface area contributed by atoms with Crippen molar-refractivity contribution in [2.45, 2.75) is 12.8 Å². The van der Waals surface area contributed by atoms with Gasteiger partial charge in [-0.2, -0.15) is 0 Å². The van der Waals surface area contributed by atoms with Crippen molar-refractivity contribution in [3.63, 3.8) is 0 Å². The van der Waals surface area contributed by atoms with Crippen molar-refractivity contribution >= 4 is 39.0 Å². The molecule has 3 heteroatoms. The van der Waals surface area contributed by atoms with Gasteiger partial charge in [-0.15, -0.1) is 0 Å². The fraction of sp³-hybridized carbons (Fsp3) is 0.0377. The summed E-state index contributed by atoms with van der Waals surface area (Å²) in [5.74, 6) is 0.627. The summed E-state index contributed by atoms with van der Waals surface area (Å²) >= 11 is 0. The topological polar surface area (TPSA) is 31.0 Å². The van der Waals surface area contributed by atoms with Crippen molar-refractivity contribution in [3.8, 4) is 61.6 Å². The molecule has 2 aromatic heterocycles. The molecule has 1 aliphatic carbocycles. The van der Waals surface area contributed by atoms with Crippen LogP contribution in [0.25, 0.3) is 101 Å². The van der Waals surface area contributed by atoms with E-state index in [0.29, 0.717) is 5.89 Å². The Bertz CT molecular complexity index is 3130. The molecule has 11 rings (SSSR count). The molecule has 2 heterocycles. The summed E-state index contributed by atoms with van der Waals surface area (Å²) in [4.78, 5) is 4.95. The van der Waals surface area contributed by atoms with Crippen LogP contribution in [-0.2, 0) is 6.42 Å². The van der Waals surface area contributed by atoms with Crippen molar-refractivity contribution in [3.05, 3.63) is 199 Å². The lowest BCUT2D eigenvalue weighted by molar-refractivity contribution is 0.621. The maximum atomic E-state index is 6.54. The lowest BCUT2D eigenvalue weighted by Crippen LogP contribution is -1.94. The minimum atomic E-state index is 0.627. The van der Waals surface area contributed by atoms with Crippen LogP contribution in [0.1, 0.15) is 17.5 Å². The van der Waals surface area contributed by atoms with Gasteiger partial charge >= 0.3 is 0 Å². The maximum absolute atomic E-state index is 6.54. The van der Waals surface area contributed by atoms with Crippen molar-refractivity contribution in [2.75, 3.05) is 0 Å². The molecule has 0 fully saturated rings. The molecule has 0 atom stereocenters. The van der Waals surface area contributed by atoms with Gasteiger partial charge in [0.15, 0.2) is 5.58 Å². The number of para-hydroxylation sites is 3. The van der Waals surface area contributed by atoms with Crippen LogP contribution in [-0.4, -0.2) is 9.55 Å². The first kappa shape index (κ1) is 32.2. The number of aromatic nitrogens is 2. The average molecular weight is 717 g/mol. The van der Waals surface area contributed by atoms with Crippen molar-refractivity contribution in [2.24, 2.45) is 0 Å². The van der Waals surface area contributed by atoms with Gasteiger partial charge in [-0.3, -0.25) is 0 Å². The van der Waals surface area contributed by atoms with Crippen LogP contribution in [0.3, 0.4) is 0 Å². The summed E-state index contributed by atoms with van der Waals surface area (Å²) in [6.07, 6.45) is 6.63. The number of hydrogen-bond acceptors (Lipinski definition) is 2. The first-order valence-electron chi connectivity index (χ1n) is 19.3. The van der Waals surface area contributed by atoms with Gasteiger partial charge in [0.1, 0.15) is 5.52 Å². The Hall–Kier alpha value is -7.23. The number of benzene rings is 8. The molecule has 0 N–H and O–H groups in total. The number of allylic oxidation sites excluding steroid dienone is 1.